The fourth-order valence-electron chi connectivity index (χ4n) is 1.58. The van der Waals surface area contributed by atoms with Crippen LogP contribution in [0.4, 0.5) is 10.5 Å². The van der Waals surface area contributed by atoms with Crippen LogP contribution in [0.15, 0.2) is 24.3 Å². The van der Waals surface area contributed by atoms with Crippen LogP contribution in [0.5, 0.6) is 0 Å². The van der Waals surface area contributed by atoms with E-state index in [1.807, 2.05) is 0 Å². The van der Waals surface area contributed by atoms with Gasteiger partial charge in [0.05, 0.1) is 5.54 Å². The summed E-state index contributed by atoms with van der Waals surface area (Å²) in [5.41, 5.74) is 0.600. The van der Waals surface area contributed by atoms with Crippen LogP contribution >= 0.6 is 0 Å². The van der Waals surface area contributed by atoms with Gasteiger partial charge in [0.25, 0.3) is 0 Å². The van der Waals surface area contributed by atoms with E-state index in [1.165, 1.54) is 0 Å². The highest BCUT2D eigenvalue weighted by molar-refractivity contribution is 5.90. The lowest BCUT2D eigenvalue weighted by Crippen LogP contribution is -2.44. The van der Waals surface area contributed by atoms with Crippen LogP contribution in [0.2, 0.25) is 0 Å². The molecule has 0 bridgehead atoms. The van der Waals surface area contributed by atoms with Crippen LogP contribution in [0.25, 0.3) is 0 Å². The number of urea groups is 1. The van der Waals surface area contributed by atoms with Crippen molar-refractivity contribution in [3.05, 3.63) is 29.8 Å². The summed E-state index contributed by atoms with van der Waals surface area (Å²) in [7, 11) is 0. The molecule has 1 aromatic carbocycles. The van der Waals surface area contributed by atoms with E-state index in [2.05, 4.69) is 16.6 Å². The second-order valence-corrected chi connectivity index (χ2v) is 4.90. The van der Waals surface area contributed by atoms with E-state index in [-0.39, 0.29) is 6.42 Å². The number of hydrogen-bond acceptors (Lipinski definition) is 2. The number of benzene rings is 1. The number of carboxylic acid groups (broad SMARTS) is 1. The Kier molecular flexibility index (Phi) is 5.15. The molecule has 0 unspecified atom stereocenters. The van der Waals surface area contributed by atoms with Gasteiger partial charge in [-0.1, -0.05) is 24.1 Å². The highest BCUT2D eigenvalue weighted by Gasteiger charge is 2.17. The van der Waals surface area contributed by atoms with Crippen molar-refractivity contribution in [1.29, 1.82) is 0 Å². The topological polar surface area (TPSA) is 78.4 Å². The van der Waals surface area contributed by atoms with Gasteiger partial charge in [0, 0.05) is 12.1 Å². The molecular weight excluding hydrogens is 256 g/mol. The summed E-state index contributed by atoms with van der Waals surface area (Å²) in [4.78, 5) is 22.5. The lowest BCUT2D eigenvalue weighted by Gasteiger charge is -2.20. The van der Waals surface area contributed by atoms with E-state index in [4.69, 9.17) is 11.5 Å². The second kappa shape index (κ2) is 6.62. The molecule has 5 heteroatoms. The molecule has 0 fully saturated rings. The quantitative estimate of drug-likeness (QED) is 0.720. The van der Waals surface area contributed by atoms with Gasteiger partial charge in [-0.3, -0.25) is 4.79 Å². The molecule has 5 nitrogen and oxygen atoms in total. The molecule has 1 rings (SSSR count). The summed E-state index contributed by atoms with van der Waals surface area (Å²) in [6.45, 7) is 3.42. The number of aliphatic carboxylic acids is 1. The summed E-state index contributed by atoms with van der Waals surface area (Å²) in [5, 5.41) is 14.0. The standard InChI is InChI=1S/C15H18N2O3/c1-4-15(2,3)17-14(20)16-12-8-6-5-7-11(12)9-10-13(18)19/h1,5-8H,9-10H2,2-3H3,(H,18,19)(H2,16,17,20). The van der Waals surface area contributed by atoms with Gasteiger partial charge in [-0.25, -0.2) is 4.79 Å². The van der Waals surface area contributed by atoms with Crippen LogP contribution in [0.1, 0.15) is 25.8 Å². The first-order valence-electron chi connectivity index (χ1n) is 6.20. The van der Waals surface area contributed by atoms with Crippen molar-refractivity contribution in [1.82, 2.24) is 5.32 Å². The van der Waals surface area contributed by atoms with Gasteiger partial charge in [-0.15, -0.1) is 6.42 Å². The van der Waals surface area contributed by atoms with E-state index in [1.54, 1.807) is 38.1 Å². The summed E-state index contributed by atoms with van der Waals surface area (Å²) in [5.74, 6) is 1.59. The Balaban J connectivity index is 2.75. The molecule has 106 valence electrons. The zero-order valence-corrected chi connectivity index (χ0v) is 11.6. The molecule has 0 spiro atoms. The average molecular weight is 274 g/mol. The number of hydrogen-bond donors (Lipinski definition) is 3. The van der Waals surface area contributed by atoms with Crippen LogP contribution in [0.3, 0.4) is 0 Å². The Morgan fingerprint density at radius 2 is 2.00 bits per heavy atom. The lowest BCUT2D eigenvalue weighted by molar-refractivity contribution is -0.136. The third-order valence-electron chi connectivity index (χ3n) is 2.66. The van der Waals surface area contributed by atoms with Crippen LogP contribution in [0, 0.1) is 12.3 Å². The van der Waals surface area contributed by atoms with Gasteiger partial charge in [-0.05, 0) is 31.9 Å². The van der Waals surface area contributed by atoms with Crippen molar-refractivity contribution >= 4 is 17.7 Å². The largest absolute Gasteiger partial charge is 0.481 e. The first-order chi connectivity index (χ1) is 9.34. The maximum atomic E-state index is 11.8. The second-order valence-electron chi connectivity index (χ2n) is 4.90. The number of terminal acetylenes is 1. The molecule has 0 saturated heterocycles. The Hall–Kier alpha value is -2.48. The number of aryl methyl sites for hydroxylation is 1. The number of para-hydroxylation sites is 1. The number of nitrogens with one attached hydrogen (secondary N) is 2. The molecule has 0 aliphatic rings. The molecule has 2 amide bonds. The third-order valence-corrected chi connectivity index (χ3v) is 2.66. The minimum Gasteiger partial charge on any atom is -0.481 e. The fourth-order valence-corrected chi connectivity index (χ4v) is 1.58. The zero-order chi connectivity index (χ0) is 15.2. The van der Waals surface area contributed by atoms with E-state index >= 15 is 0 Å². The van der Waals surface area contributed by atoms with Crippen LogP contribution < -0.4 is 10.6 Å². The van der Waals surface area contributed by atoms with E-state index in [0.29, 0.717) is 12.1 Å². The van der Waals surface area contributed by atoms with E-state index in [9.17, 15) is 9.59 Å². The first kappa shape index (κ1) is 15.6. The molecule has 0 atom stereocenters. The summed E-state index contributed by atoms with van der Waals surface area (Å²) in [6.07, 6.45) is 5.66. The van der Waals surface area contributed by atoms with Gasteiger partial charge >= 0.3 is 12.0 Å². The third kappa shape index (κ3) is 5.02. The van der Waals surface area contributed by atoms with Crippen molar-refractivity contribution in [3.8, 4) is 12.3 Å². The fraction of sp³-hybridized carbons (Fsp3) is 0.333. The highest BCUT2D eigenvalue weighted by atomic mass is 16.4. The predicted molar refractivity (Wildman–Crippen MR) is 77.5 cm³/mol. The summed E-state index contributed by atoms with van der Waals surface area (Å²) in [6, 6.07) is 6.65. The van der Waals surface area contributed by atoms with Gasteiger partial charge in [-0.2, -0.15) is 0 Å². The summed E-state index contributed by atoms with van der Waals surface area (Å²) >= 11 is 0. The Morgan fingerprint density at radius 3 is 2.60 bits per heavy atom. The molecule has 0 saturated carbocycles. The van der Waals surface area contributed by atoms with Gasteiger partial charge in [0.15, 0.2) is 0 Å². The van der Waals surface area contributed by atoms with E-state index in [0.717, 1.165) is 5.56 Å². The van der Waals surface area contributed by atoms with Crippen LogP contribution in [-0.2, 0) is 11.2 Å². The average Bonchev–Trinajstić information content (AvgIpc) is 2.37. The first-order valence-corrected chi connectivity index (χ1v) is 6.20. The van der Waals surface area contributed by atoms with Crippen molar-refractivity contribution in [2.45, 2.75) is 32.2 Å². The molecule has 0 radical (unpaired) electrons. The molecule has 0 aliphatic heterocycles. The Labute approximate surface area is 118 Å². The molecular formula is C15H18N2O3. The summed E-state index contributed by atoms with van der Waals surface area (Å²) < 4.78 is 0. The SMILES string of the molecule is C#CC(C)(C)NC(=O)Nc1ccccc1CCC(=O)O. The van der Waals surface area contributed by atoms with Gasteiger partial charge in [0.1, 0.15) is 0 Å². The number of anilines is 1. The van der Waals surface area contributed by atoms with Crippen LogP contribution in [-0.4, -0.2) is 22.6 Å². The zero-order valence-electron chi connectivity index (χ0n) is 11.6. The highest BCUT2D eigenvalue weighted by Crippen LogP contribution is 2.17. The minimum absolute atomic E-state index is 0.0101. The monoisotopic (exact) mass is 274 g/mol. The van der Waals surface area contributed by atoms with Crippen molar-refractivity contribution in [3.63, 3.8) is 0 Å². The van der Waals surface area contributed by atoms with Crippen molar-refractivity contribution in [2.24, 2.45) is 0 Å². The molecule has 0 aromatic heterocycles. The predicted octanol–water partition coefficient (Wildman–Crippen LogP) is 2.24. The van der Waals surface area contributed by atoms with Crippen molar-refractivity contribution in [2.75, 3.05) is 5.32 Å². The number of rotatable bonds is 5. The number of carboxylic acids is 1. The van der Waals surface area contributed by atoms with E-state index < -0.39 is 17.5 Å². The maximum Gasteiger partial charge on any atom is 0.320 e. The molecule has 1 aromatic rings. The number of carbonyl (C=O) groups is 2. The molecule has 3 N–H and O–H groups in total. The van der Waals surface area contributed by atoms with Crippen molar-refractivity contribution < 1.29 is 14.7 Å². The maximum absolute atomic E-state index is 11.8. The number of carbonyl (C=O) groups excluding carboxylic acids is 1. The van der Waals surface area contributed by atoms with Gasteiger partial charge < -0.3 is 15.7 Å². The molecule has 20 heavy (non-hydrogen) atoms. The Bertz CT molecular complexity index is 544. The smallest absolute Gasteiger partial charge is 0.320 e. The molecule has 0 heterocycles. The lowest BCUT2D eigenvalue weighted by atomic mass is 10.1. The normalized spacial score (nSPS) is 10.4. The Morgan fingerprint density at radius 1 is 1.35 bits per heavy atom. The van der Waals surface area contributed by atoms with Gasteiger partial charge in [0.2, 0.25) is 0 Å². The molecule has 0 aliphatic carbocycles. The minimum atomic E-state index is -0.877. The number of amides is 2.